The molecule has 1 atom stereocenters. The highest BCUT2D eigenvalue weighted by molar-refractivity contribution is 5.98. The van der Waals surface area contributed by atoms with Crippen molar-refractivity contribution >= 4 is 17.4 Å². The molecule has 2 aromatic rings. The minimum atomic E-state index is -0.753. The summed E-state index contributed by atoms with van der Waals surface area (Å²) >= 11 is 0. The third-order valence-corrected chi connectivity index (χ3v) is 4.82. The molecule has 1 aliphatic heterocycles. The molecule has 9 heteroatoms. The Kier molecular flexibility index (Phi) is 5.31. The summed E-state index contributed by atoms with van der Waals surface area (Å²) in [6.07, 6.45) is 1.13. The van der Waals surface area contributed by atoms with E-state index in [0.29, 0.717) is 32.0 Å². The van der Waals surface area contributed by atoms with E-state index in [1.165, 1.54) is 12.1 Å². The average molecular weight is 373 g/mol. The maximum Gasteiger partial charge on any atom is 0.288 e. The maximum absolute atomic E-state index is 13.5. The van der Waals surface area contributed by atoms with Gasteiger partial charge < -0.3 is 10.6 Å². The summed E-state index contributed by atoms with van der Waals surface area (Å²) in [6, 6.07) is 7.73. The Morgan fingerprint density at radius 1 is 1.30 bits per heavy atom. The number of anilines is 1. The van der Waals surface area contributed by atoms with E-state index < -0.39 is 10.8 Å². The second-order valence-corrected chi connectivity index (χ2v) is 6.44. The topological polar surface area (TPSA) is 106 Å². The van der Waals surface area contributed by atoms with Crippen molar-refractivity contribution in [1.82, 2.24) is 9.88 Å². The summed E-state index contributed by atoms with van der Waals surface area (Å²) in [5, 5.41) is 10.9. The van der Waals surface area contributed by atoms with Gasteiger partial charge in [-0.3, -0.25) is 19.8 Å². The zero-order chi connectivity index (χ0) is 19.6. The molecule has 0 spiro atoms. The summed E-state index contributed by atoms with van der Waals surface area (Å²) in [5.74, 6) is -0.665. The van der Waals surface area contributed by atoms with Crippen LogP contribution in [-0.4, -0.2) is 46.9 Å². The first-order valence-electron chi connectivity index (χ1n) is 8.55. The van der Waals surface area contributed by atoms with Gasteiger partial charge in [0.2, 0.25) is 0 Å². The highest BCUT2D eigenvalue weighted by atomic mass is 19.1. The molecule has 1 aromatic carbocycles. The zero-order valence-electron chi connectivity index (χ0n) is 14.8. The van der Waals surface area contributed by atoms with Crippen LogP contribution in [0, 0.1) is 15.9 Å². The summed E-state index contributed by atoms with van der Waals surface area (Å²) in [7, 11) is 0. The van der Waals surface area contributed by atoms with Gasteiger partial charge in [0.25, 0.3) is 11.6 Å². The van der Waals surface area contributed by atoms with Gasteiger partial charge in [-0.15, -0.1) is 0 Å². The van der Waals surface area contributed by atoms with Crippen molar-refractivity contribution in [2.45, 2.75) is 13.0 Å². The van der Waals surface area contributed by atoms with E-state index in [1.807, 2.05) is 17.9 Å². The number of rotatable bonds is 5. The molecule has 1 fully saturated rings. The molecule has 1 aliphatic rings. The third-order valence-electron chi connectivity index (χ3n) is 4.82. The first-order chi connectivity index (χ1) is 12.9. The van der Waals surface area contributed by atoms with Crippen LogP contribution in [0.5, 0.6) is 0 Å². The fraction of sp³-hybridized carbons (Fsp3) is 0.333. The van der Waals surface area contributed by atoms with E-state index in [1.54, 1.807) is 6.07 Å². The number of primary amides is 1. The zero-order valence-corrected chi connectivity index (χ0v) is 14.8. The number of amides is 1. The molecule has 1 amide bonds. The van der Waals surface area contributed by atoms with Crippen molar-refractivity contribution in [2.24, 2.45) is 5.73 Å². The van der Waals surface area contributed by atoms with E-state index in [4.69, 9.17) is 5.73 Å². The van der Waals surface area contributed by atoms with Crippen LogP contribution in [0.4, 0.5) is 15.9 Å². The number of hydrogen-bond donors (Lipinski definition) is 1. The number of piperazine rings is 1. The minimum absolute atomic E-state index is 0.0378. The van der Waals surface area contributed by atoms with Gasteiger partial charge in [-0.05, 0) is 24.6 Å². The standard InChI is InChI=1S/C18H20FN5O3/c1-12(13-3-2-4-14(19)9-13)22-5-7-23(8-6-22)18-16(17(20)25)10-15(11-21-18)24(26)27/h2-4,9-12H,5-8H2,1H3,(H2,20,25). The normalized spacial score (nSPS) is 16.1. The van der Waals surface area contributed by atoms with Crippen molar-refractivity contribution in [3.63, 3.8) is 0 Å². The van der Waals surface area contributed by atoms with E-state index in [0.717, 1.165) is 17.8 Å². The molecule has 0 aliphatic carbocycles. The van der Waals surface area contributed by atoms with Crippen molar-refractivity contribution in [2.75, 3.05) is 31.1 Å². The van der Waals surface area contributed by atoms with Crippen LogP contribution in [0.1, 0.15) is 28.9 Å². The van der Waals surface area contributed by atoms with Crippen LogP contribution in [-0.2, 0) is 0 Å². The molecule has 8 nitrogen and oxygen atoms in total. The van der Waals surface area contributed by atoms with E-state index in [2.05, 4.69) is 9.88 Å². The SMILES string of the molecule is CC(c1cccc(F)c1)N1CCN(c2ncc([N+](=O)[O-])cc2C(N)=O)CC1. The van der Waals surface area contributed by atoms with Gasteiger partial charge in [-0.1, -0.05) is 12.1 Å². The number of halogens is 1. The fourth-order valence-electron chi connectivity index (χ4n) is 3.28. The summed E-state index contributed by atoms with van der Waals surface area (Å²) in [6.45, 7) is 4.52. The van der Waals surface area contributed by atoms with Crippen molar-refractivity contribution in [3.8, 4) is 0 Å². The molecule has 1 unspecified atom stereocenters. The Labute approximate surface area is 155 Å². The molecule has 27 heavy (non-hydrogen) atoms. The Hall–Kier alpha value is -3.07. The monoisotopic (exact) mass is 373 g/mol. The van der Waals surface area contributed by atoms with Crippen molar-refractivity contribution < 1.29 is 14.1 Å². The lowest BCUT2D eigenvalue weighted by molar-refractivity contribution is -0.385. The van der Waals surface area contributed by atoms with Crippen LogP contribution in [0.2, 0.25) is 0 Å². The number of aromatic nitrogens is 1. The first kappa shape index (κ1) is 18.7. The van der Waals surface area contributed by atoms with Gasteiger partial charge in [-0.2, -0.15) is 0 Å². The van der Waals surface area contributed by atoms with Crippen molar-refractivity contribution in [1.29, 1.82) is 0 Å². The second kappa shape index (κ2) is 7.67. The number of hydrogen-bond acceptors (Lipinski definition) is 6. The molecule has 1 saturated heterocycles. The number of carbonyl (C=O) groups excluding carboxylic acids is 1. The number of pyridine rings is 1. The number of nitro groups is 1. The minimum Gasteiger partial charge on any atom is -0.365 e. The summed E-state index contributed by atoms with van der Waals surface area (Å²) in [5.41, 5.74) is 6.05. The maximum atomic E-state index is 13.5. The van der Waals surface area contributed by atoms with Crippen LogP contribution >= 0.6 is 0 Å². The Bertz CT molecular complexity index is 868. The number of benzene rings is 1. The molecule has 1 aromatic heterocycles. The Balaban J connectivity index is 1.74. The molecule has 0 bridgehead atoms. The van der Waals surface area contributed by atoms with E-state index in [9.17, 15) is 19.3 Å². The van der Waals surface area contributed by atoms with Crippen LogP contribution in [0.15, 0.2) is 36.5 Å². The van der Waals surface area contributed by atoms with E-state index >= 15 is 0 Å². The predicted octanol–water partition coefficient (Wildman–Crippen LogP) is 2.11. The number of carbonyl (C=O) groups is 1. The summed E-state index contributed by atoms with van der Waals surface area (Å²) < 4.78 is 13.5. The second-order valence-electron chi connectivity index (χ2n) is 6.44. The van der Waals surface area contributed by atoms with Gasteiger partial charge in [-0.25, -0.2) is 9.37 Å². The Morgan fingerprint density at radius 2 is 2.00 bits per heavy atom. The van der Waals surface area contributed by atoms with Gasteiger partial charge in [0.1, 0.15) is 17.8 Å². The highest BCUT2D eigenvalue weighted by Crippen LogP contribution is 2.26. The lowest BCUT2D eigenvalue weighted by Gasteiger charge is -2.39. The largest absolute Gasteiger partial charge is 0.365 e. The first-order valence-corrected chi connectivity index (χ1v) is 8.55. The average Bonchev–Trinajstić information content (AvgIpc) is 2.67. The molecule has 2 heterocycles. The predicted molar refractivity (Wildman–Crippen MR) is 98.0 cm³/mol. The molecular weight excluding hydrogens is 353 g/mol. The number of nitrogens with zero attached hydrogens (tertiary/aromatic N) is 4. The van der Waals surface area contributed by atoms with Gasteiger partial charge in [0, 0.05) is 38.3 Å². The van der Waals surface area contributed by atoms with Gasteiger partial charge in [0.05, 0.1) is 10.5 Å². The fourth-order valence-corrected chi connectivity index (χ4v) is 3.28. The van der Waals surface area contributed by atoms with E-state index in [-0.39, 0.29) is 23.1 Å². The molecule has 3 rings (SSSR count). The van der Waals surface area contributed by atoms with Gasteiger partial charge in [0.15, 0.2) is 0 Å². The Morgan fingerprint density at radius 3 is 2.59 bits per heavy atom. The molecule has 2 N–H and O–H groups in total. The van der Waals surface area contributed by atoms with Gasteiger partial charge >= 0.3 is 0 Å². The highest BCUT2D eigenvalue weighted by Gasteiger charge is 2.26. The van der Waals surface area contributed by atoms with Crippen molar-refractivity contribution in [3.05, 3.63) is 63.6 Å². The number of nitrogens with two attached hydrogens (primary N) is 1. The molecule has 0 radical (unpaired) electrons. The van der Waals surface area contributed by atoms with Crippen LogP contribution in [0.25, 0.3) is 0 Å². The molecular formula is C18H20FN5O3. The third kappa shape index (κ3) is 4.03. The van der Waals surface area contributed by atoms with Crippen LogP contribution in [0.3, 0.4) is 0 Å². The smallest absolute Gasteiger partial charge is 0.288 e. The lowest BCUT2D eigenvalue weighted by Crippen LogP contribution is -2.48. The quantitative estimate of drug-likeness (QED) is 0.636. The summed E-state index contributed by atoms with van der Waals surface area (Å²) in [4.78, 5) is 30.2. The lowest BCUT2D eigenvalue weighted by atomic mass is 10.1. The molecule has 142 valence electrons. The molecule has 0 saturated carbocycles. The van der Waals surface area contributed by atoms with Crippen LogP contribution < -0.4 is 10.6 Å².